The standard InChI is InChI=1S/C23H24Cl2N2O3/c1-22(2)13-23(9-10-29-22)27-19(15-5-4-6-20(28-3)21(15)30-23)12-18(26-27)14-7-8-16(24)17(25)11-14/h4-8,11,19H,9-10,12-13H2,1-3H3/t19-,23+/m1/s1. The highest BCUT2D eigenvalue weighted by atomic mass is 35.5. The van der Waals surface area contributed by atoms with E-state index in [1.54, 1.807) is 7.11 Å². The van der Waals surface area contributed by atoms with Crippen LogP contribution in [0.15, 0.2) is 41.5 Å². The number of fused-ring (bicyclic) bond motifs is 4. The van der Waals surface area contributed by atoms with Crippen molar-refractivity contribution in [1.29, 1.82) is 0 Å². The maximum atomic E-state index is 6.73. The van der Waals surface area contributed by atoms with Gasteiger partial charge in [0.15, 0.2) is 11.5 Å². The van der Waals surface area contributed by atoms with Crippen molar-refractivity contribution in [1.82, 2.24) is 5.01 Å². The summed E-state index contributed by atoms with van der Waals surface area (Å²) in [7, 11) is 1.68. The first-order valence-corrected chi connectivity index (χ1v) is 10.9. The van der Waals surface area contributed by atoms with Crippen LogP contribution in [0, 0.1) is 0 Å². The fourth-order valence-corrected chi connectivity index (χ4v) is 5.15. The van der Waals surface area contributed by atoms with E-state index in [2.05, 4.69) is 24.9 Å². The predicted octanol–water partition coefficient (Wildman–Crippen LogP) is 5.83. The van der Waals surface area contributed by atoms with Gasteiger partial charge in [-0.15, -0.1) is 0 Å². The Kier molecular flexibility index (Phi) is 4.69. The molecule has 2 atom stereocenters. The van der Waals surface area contributed by atoms with Gasteiger partial charge in [0.2, 0.25) is 5.72 Å². The largest absolute Gasteiger partial charge is 0.493 e. The fraction of sp³-hybridized carbons (Fsp3) is 0.435. The van der Waals surface area contributed by atoms with Gasteiger partial charge in [-0.25, -0.2) is 5.01 Å². The van der Waals surface area contributed by atoms with Gasteiger partial charge < -0.3 is 14.2 Å². The minimum absolute atomic E-state index is 0.0576. The summed E-state index contributed by atoms with van der Waals surface area (Å²) in [6.45, 7) is 4.81. The van der Waals surface area contributed by atoms with Crippen molar-refractivity contribution in [2.45, 2.75) is 50.5 Å². The van der Waals surface area contributed by atoms with E-state index in [0.717, 1.165) is 41.2 Å². The summed E-state index contributed by atoms with van der Waals surface area (Å²) in [5.74, 6) is 1.56. The summed E-state index contributed by atoms with van der Waals surface area (Å²) >= 11 is 12.4. The summed E-state index contributed by atoms with van der Waals surface area (Å²) in [5.41, 5.74) is 2.13. The molecule has 1 spiro atoms. The zero-order chi connectivity index (χ0) is 21.1. The van der Waals surface area contributed by atoms with E-state index in [9.17, 15) is 0 Å². The second-order valence-corrected chi connectivity index (χ2v) is 9.52. The average molecular weight is 447 g/mol. The number of rotatable bonds is 2. The van der Waals surface area contributed by atoms with Gasteiger partial charge in [-0.1, -0.05) is 41.4 Å². The van der Waals surface area contributed by atoms with Crippen LogP contribution in [0.4, 0.5) is 0 Å². The molecular weight excluding hydrogens is 423 g/mol. The molecular formula is C23H24Cl2N2O3. The van der Waals surface area contributed by atoms with Gasteiger partial charge in [-0.2, -0.15) is 5.10 Å². The van der Waals surface area contributed by atoms with Crippen LogP contribution in [-0.2, 0) is 4.74 Å². The van der Waals surface area contributed by atoms with Crippen molar-refractivity contribution in [3.63, 3.8) is 0 Å². The Morgan fingerprint density at radius 3 is 2.73 bits per heavy atom. The lowest BCUT2D eigenvalue weighted by Gasteiger charge is -2.52. The molecule has 2 aromatic rings. The Morgan fingerprint density at radius 1 is 1.17 bits per heavy atom. The molecule has 3 aliphatic rings. The molecule has 0 N–H and O–H groups in total. The van der Waals surface area contributed by atoms with E-state index in [1.165, 1.54) is 0 Å². The highest BCUT2D eigenvalue weighted by molar-refractivity contribution is 6.42. The number of nitrogens with zero attached hydrogens (tertiary/aromatic N) is 2. The van der Waals surface area contributed by atoms with Crippen LogP contribution in [0.1, 0.15) is 50.3 Å². The van der Waals surface area contributed by atoms with Crippen molar-refractivity contribution < 1.29 is 14.2 Å². The van der Waals surface area contributed by atoms with Gasteiger partial charge in [-0.05, 0) is 37.6 Å². The van der Waals surface area contributed by atoms with Crippen LogP contribution in [0.3, 0.4) is 0 Å². The number of hydrogen-bond acceptors (Lipinski definition) is 5. The van der Waals surface area contributed by atoms with Crippen molar-refractivity contribution >= 4 is 28.9 Å². The van der Waals surface area contributed by atoms with Gasteiger partial charge in [0.1, 0.15) is 0 Å². The van der Waals surface area contributed by atoms with E-state index < -0.39 is 5.72 Å². The normalized spacial score (nSPS) is 26.6. The van der Waals surface area contributed by atoms with E-state index in [-0.39, 0.29) is 11.6 Å². The quantitative estimate of drug-likeness (QED) is 0.581. The molecule has 5 rings (SSSR count). The fourth-order valence-electron chi connectivity index (χ4n) is 4.85. The van der Waals surface area contributed by atoms with Gasteiger partial charge in [-0.3, -0.25) is 0 Å². The first-order chi connectivity index (χ1) is 14.3. The van der Waals surface area contributed by atoms with Crippen LogP contribution in [-0.4, -0.2) is 35.8 Å². The van der Waals surface area contributed by atoms with Crippen molar-refractivity contribution in [3.05, 3.63) is 57.6 Å². The number of ether oxygens (including phenoxy) is 3. The van der Waals surface area contributed by atoms with Crippen LogP contribution in [0.25, 0.3) is 0 Å². The summed E-state index contributed by atoms with van der Waals surface area (Å²) in [4.78, 5) is 0. The molecule has 0 aliphatic carbocycles. The zero-order valence-electron chi connectivity index (χ0n) is 17.2. The molecule has 2 aromatic carbocycles. The average Bonchev–Trinajstić information content (AvgIpc) is 3.16. The smallest absolute Gasteiger partial charge is 0.203 e. The van der Waals surface area contributed by atoms with E-state index in [4.69, 9.17) is 42.5 Å². The third-order valence-corrected chi connectivity index (χ3v) is 6.89. The summed E-state index contributed by atoms with van der Waals surface area (Å²) in [6, 6.07) is 11.8. The molecule has 30 heavy (non-hydrogen) atoms. The van der Waals surface area contributed by atoms with Gasteiger partial charge in [0.05, 0.1) is 41.1 Å². The van der Waals surface area contributed by atoms with Gasteiger partial charge >= 0.3 is 0 Å². The summed E-state index contributed by atoms with van der Waals surface area (Å²) in [5, 5.41) is 8.29. The minimum atomic E-state index is -0.591. The summed E-state index contributed by atoms with van der Waals surface area (Å²) < 4.78 is 18.4. The molecule has 7 heteroatoms. The number of para-hydroxylation sites is 1. The highest BCUT2D eigenvalue weighted by Crippen LogP contribution is 2.54. The molecule has 0 amide bonds. The van der Waals surface area contributed by atoms with Crippen molar-refractivity contribution in [3.8, 4) is 11.5 Å². The van der Waals surface area contributed by atoms with E-state index in [1.807, 2.05) is 30.3 Å². The Labute approximate surface area is 186 Å². The molecule has 1 fully saturated rings. The summed E-state index contributed by atoms with van der Waals surface area (Å²) in [6.07, 6.45) is 2.18. The SMILES string of the molecule is COc1cccc2c1O[C@]1(CCOC(C)(C)C1)N1N=C(c3ccc(Cl)c(Cl)c3)C[C@H]21. The lowest BCUT2D eigenvalue weighted by molar-refractivity contribution is -0.212. The van der Waals surface area contributed by atoms with Crippen LogP contribution < -0.4 is 9.47 Å². The monoisotopic (exact) mass is 446 g/mol. The third-order valence-electron chi connectivity index (χ3n) is 6.15. The Hall–Kier alpha value is -1.95. The highest BCUT2D eigenvalue weighted by Gasteiger charge is 2.55. The van der Waals surface area contributed by atoms with E-state index >= 15 is 0 Å². The van der Waals surface area contributed by atoms with Gasteiger partial charge in [0, 0.05) is 24.8 Å². The topological polar surface area (TPSA) is 43.3 Å². The maximum Gasteiger partial charge on any atom is 0.203 e. The molecule has 0 radical (unpaired) electrons. The van der Waals surface area contributed by atoms with Crippen LogP contribution in [0.5, 0.6) is 11.5 Å². The minimum Gasteiger partial charge on any atom is -0.493 e. The van der Waals surface area contributed by atoms with Crippen LogP contribution in [0.2, 0.25) is 10.0 Å². The van der Waals surface area contributed by atoms with Crippen molar-refractivity contribution in [2.24, 2.45) is 5.10 Å². The Morgan fingerprint density at radius 2 is 2.00 bits per heavy atom. The van der Waals surface area contributed by atoms with Gasteiger partial charge in [0.25, 0.3) is 0 Å². The zero-order valence-corrected chi connectivity index (χ0v) is 18.8. The van der Waals surface area contributed by atoms with E-state index in [0.29, 0.717) is 23.1 Å². The number of methoxy groups -OCH3 is 1. The molecule has 0 aromatic heterocycles. The number of hydrazone groups is 1. The molecule has 5 nitrogen and oxygen atoms in total. The third kappa shape index (κ3) is 3.15. The molecule has 1 saturated heterocycles. The molecule has 3 heterocycles. The molecule has 158 valence electrons. The first kappa shape index (κ1) is 20.0. The first-order valence-electron chi connectivity index (χ1n) is 10.1. The van der Waals surface area contributed by atoms with Crippen LogP contribution >= 0.6 is 23.2 Å². The number of hydrogen-bond donors (Lipinski definition) is 0. The lowest BCUT2D eigenvalue weighted by atomic mass is 9.86. The molecule has 0 unspecified atom stereocenters. The second-order valence-electron chi connectivity index (χ2n) is 8.70. The Balaban J connectivity index is 1.63. The number of halogens is 2. The second kappa shape index (κ2) is 7.04. The number of benzene rings is 2. The lowest BCUT2D eigenvalue weighted by Crippen LogP contribution is -2.60. The molecule has 0 bridgehead atoms. The maximum absolute atomic E-state index is 6.73. The molecule has 3 aliphatic heterocycles. The predicted molar refractivity (Wildman–Crippen MR) is 118 cm³/mol. The molecule has 0 saturated carbocycles. The van der Waals surface area contributed by atoms with Crippen molar-refractivity contribution in [2.75, 3.05) is 13.7 Å². The Bertz CT molecular complexity index is 1040.